The van der Waals surface area contributed by atoms with Crippen molar-refractivity contribution in [1.29, 1.82) is 0 Å². The number of aryl methyl sites for hydroxylation is 1. The molecule has 0 spiro atoms. The van der Waals surface area contributed by atoms with Gasteiger partial charge in [0, 0.05) is 21.4 Å². The number of carbonyl (C=O) groups is 1. The van der Waals surface area contributed by atoms with Gasteiger partial charge in [0.1, 0.15) is 10.8 Å². The van der Waals surface area contributed by atoms with Crippen molar-refractivity contribution in [1.82, 2.24) is 9.66 Å². The van der Waals surface area contributed by atoms with Gasteiger partial charge in [-0.2, -0.15) is 9.78 Å². The summed E-state index contributed by atoms with van der Waals surface area (Å²) in [4.78, 5) is 28.7. The molecule has 10 heteroatoms. The zero-order valence-electron chi connectivity index (χ0n) is 16.2. The summed E-state index contributed by atoms with van der Waals surface area (Å²) < 4.78 is 13.2. The van der Waals surface area contributed by atoms with Crippen molar-refractivity contribution in [2.45, 2.75) is 20.8 Å². The number of benzene rings is 2. The molecule has 0 bridgehead atoms. The van der Waals surface area contributed by atoms with Crippen molar-refractivity contribution in [3.63, 3.8) is 0 Å². The Hall–Kier alpha value is -2.23. The van der Waals surface area contributed by atoms with E-state index in [0.29, 0.717) is 33.4 Å². The monoisotopic (exact) mass is 555 g/mol. The topological polar surface area (TPSA) is 82.8 Å². The lowest BCUT2D eigenvalue weighted by Crippen LogP contribution is -2.20. The molecule has 0 N–H and O–H groups in total. The van der Waals surface area contributed by atoms with E-state index in [1.165, 1.54) is 17.8 Å². The summed E-state index contributed by atoms with van der Waals surface area (Å²) in [5, 5.41) is 4.89. The van der Waals surface area contributed by atoms with E-state index in [2.05, 4.69) is 41.9 Å². The lowest BCUT2D eigenvalue weighted by atomic mass is 10.2. The second-order valence-corrected chi connectivity index (χ2v) is 8.22. The zero-order chi connectivity index (χ0) is 22.0. The molecular weight excluding hydrogens is 541 g/mol. The third-order valence-electron chi connectivity index (χ3n) is 3.98. The number of hydrogen-bond donors (Lipinski definition) is 0. The molecule has 1 aromatic heterocycles. The molecule has 0 radical (unpaired) electrons. The van der Waals surface area contributed by atoms with Crippen LogP contribution in [0.3, 0.4) is 0 Å². The molecule has 0 saturated heterocycles. The molecule has 7 nitrogen and oxygen atoms in total. The smallest absolute Gasteiger partial charge is 0.308 e. The van der Waals surface area contributed by atoms with Crippen LogP contribution in [-0.4, -0.2) is 28.5 Å². The van der Waals surface area contributed by atoms with E-state index in [4.69, 9.17) is 21.1 Å². The van der Waals surface area contributed by atoms with E-state index in [9.17, 15) is 9.59 Å². The van der Waals surface area contributed by atoms with Gasteiger partial charge in [0.2, 0.25) is 0 Å². The highest BCUT2D eigenvalue weighted by Gasteiger charge is 2.19. The summed E-state index contributed by atoms with van der Waals surface area (Å²) in [6.45, 7) is 5.10. The van der Waals surface area contributed by atoms with E-state index < -0.39 is 5.97 Å². The molecule has 0 fully saturated rings. The van der Waals surface area contributed by atoms with E-state index in [0.717, 1.165) is 4.47 Å². The number of rotatable bonds is 5. The average Bonchev–Trinajstić information content (AvgIpc) is 2.69. The van der Waals surface area contributed by atoms with Crippen LogP contribution in [0.5, 0.6) is 11.5 Å². The molecule has 3 rings (SSSR count). The van der Waals surface area contributed by atoms with Crippen molar-refractivity contribution >= 4 is 66.5 Å². The van der Waals surface area contributed by atoms with Crippen LogP contribution >= 0.6 is 43.5 Å². The number of esters is 1. The molecule has 0 saturated carbocycles. The first kappa shape index (κ1) is 22.5. The van der Waals surface area contributed by atoms with E-state index in [-0.39, 0.29) is 22.1 Å². The fourth-order valence-corrected chi connectivity index (χ4v) is 3.71. The predicted octanol–water partition coefficient (Wildman–Crippen LogP) is 5.09. The Morgan fingerprint density at radius 3 is 2.73 bits per heavy atom. The number of nitrogens with zero attached hydrogens (tertiary/aromatic N) is 3. The number of hydrogen-bond acceptors (Lipinski definition) is 6. The molecule has 30 heavy (non-hydrogen) atoms. The molecule has 0 amide bonds. The number of aromatic nitrogens is 2. The van der Waals surface area contributed by atoms with Gasteiger partial charge in [0.15, 0.2) is 11.5 Å². The van der Waals surface area contributed by atoms with Gasteiger partial charge < -0.3 is 9.47 Å². The first-order valence-corrected chi connectivity index (χ1v) is 10.8. The molecule has 2 aromatic carbocycles. The number of ether oxygens (including phenoxy) is 2. The van der Waals surface area contributed by atoms with Gasteiger partial charge in [0.25, 0.3) is 5.56 Å². The van der Waals surface area contributed by atoms with Gasteiger partial charge in [-0.1, -0.05) is 27.5 Å². The lowest BCUT2D eigenvalue weighted by molar-refractivity contribution is -0.132. The van der Waals surface area contributed by atoms with Crippen LogP contribution in [0.15, 0.2) is 43.1 Å². The van der Waals surface area contributed by atoms with Crippen molar-refractivity contribution < 1.29 is 14.3 Å². The maximum atomic E-state index is 12.9. The van der Waals surface area contributed by atoms with Crippen LogP contribution < -0.4 is 15.0 Å². The van der Waals surface area contributed by atoms with Gasteiger partial charge in [-0.05, 0) is 54.0 Å². The van der Waals surface area contributed by atoms with Crippen molar-refractivity contribution in [2.24, 2.45) is 5.10 Å². The van der Waals surface area contributed by atoms with E-state index >= 15 is 0 Å². The SMILES string of the molecule is CCOc1cc(C=Nn2c(C)nc3ccc(Br)cc3c2=O)c(Br)c(Cl)c1OC(C)=O. The van der Waals surface area contributed by atoms with Gasteiger partial charge in [-0.25, -0.2) is 4.98 Å². The Labute approximate surface area is 193 Å². The Bertz CT molecular complexity index is 1240. The largest absolute Gasteiger partial charge is 0.490 e. The van der Waals surface area contributed by atoms with Crippen LogP contribution in [-0.2, 0) is 4.79 Å². The second kappa shape index (κ2) is 9.28. The average molecular weight is 558 g/mol. The first-order valence-electron chi connectivity index (χ1n) is 8.79. The van der Waals surface area contributed by atoms with Gasteiger partial charge in [-0.15, -0.1) is 0 Å². The maximum absolute atomic E-state index is 12.9. The summed E-state index contributed by atoms with van der Waals surface area (Å²) in [6, 6.07) is 6.90. The fourth-order valence-electron chi connectivity index (χ4n) is 2.72. The molecule has 156 valence electrons. The summed E-state index contributed by atoms with van der Waals surface area (Å²) in [5.41, 5.74) is 0.805. The Balaban J connectivity index is 2.12. The van der Waals surface area contributed by atoms with Crippen molar-refractivity contribution in [3.05, 3.63) is 60.0 Å². The summed E-state index contributed by atoms with van der Waals surface area (Å²) >= 11 is 13.1. The maximum Gasteiger partial charge on any atom is 0.308 e. The van der Waals surface area contributed by atoms with E-state index in [1.807, 2.05) is 6.07 Å². The summed E-state index contributed by atoms with van der Waals surface area (Å²) in [5.74, 6) is 0.296. The van der Waals surface area contributed by atoms with Crippen LogP contribution in [0.25, 0.3) is 10.9 Å². The van der Waals surface area contributed by atoms with Gasteiger partial charge in [-0.3, -0.25) is 9.59 Å². The lowest BCUT2D eigenvalue weighted by Gasteiger charge is -2.14. The third kappa shape index (κ3) is 4.58. The molecule has 1 heterocycles. The van der Waals surface area contributed by atoms with Gasteiger partial charge in [0.05, 0.1) is 23.7 Å². The Kier molecular flexibility index (Phi) is 6.95. The summed E-state index contributed by atoms with van der Waals surface area (Å²) in [7, 11) is 0. The minimum Gasteiger partial charge on any atom is -0.490 e. The molecule has 3 aromatic rings. The first-order chi connectivity index (χ1) is 14.2. The quantitative estimate of drug-likeness (QED) is 0.248. The molecule has 0 atom stereocenters. The number of halogens is 3. The minimum atomic E-state index is -0.526. The summed E-state index contributed by atoms with van der Waals surface area (Å²) in [6.07, 6.45) is 1.45. The molecule has 0 unspecified atom stereocenters. The highest BCUT2D eigenvalue weighted by molar-refractivity contribution is 9.10. The molecule has 0 aliphatic heterocycles. The number of carbonyl (C=O) groups excluding carboxylic acids is 1. The van der Waals surface area contributed by atoms with Gasteiger partial charge >= 0.3 is 5.97 Å². The van der Waals surface area contributed by atoms with Crippen LogP contribution in [0, 0.1) is 6.92 Å². The predicted molar refractivity (Wildman–Crippen MR) is 123 cm³/mol. The Morgan fingerprint density at radius 2 is 2.07 bits per heavy atom. The third-order valence-corrected chi connectivity index (χ3v) is 5.92. The normalized spacial score (nSPS) is 11.3. The molecule has 0 aliphatic rings. The highest BCUT2D eigenvalue weighted by Crippen LogP contribution is 2.42. The highest BCUT2D eigenvalue weighted by atomic mass is 79.9. The number of fused-ring (bicyclic) bond motifs is 1. The van der Waals surface area contributed by atoms with Crippen molar-refractivity contribution in [2.75, 3.05) is 6.61 Å². The van der Waals surface area contributed by atoms with E-state index in [1.54, 1.807) is 32.0 Å². The molecule has 0 aliphatic carbocycles. The van der Waals surface area contributed by atoms with Crippen LogP contribution in [0.2, 0.25) is 5.02 Å². The van der Waals surface area contributed by atoms with Crippen molar-refractivity contribution in [3.8, 4) is 11.5 Å². The standard InChI is InChI=1S/C20H16Br2ClN3O4/c1-4-29-16-7-12(17(22)18(23)19(16)30-11(3)27)9-24-26-10(2)25-15-6-5-13(21)8-14(15)20(26)28/h5-9H,4H2,1-3H3. The second-order valence-electron chi connectivity index (χ2n) is 6.13. The Morgan fingerprint density at radius 1 is 1.33 bits per heavy atom. The van der Waals surface area contributed by atoms with Crippen LogP contribution in [0.4, 0.5) is 0 Å². The minimum absolute atomic E-state index is 0.112. The van der Waals surface area contributed by atoms with Crippen LogP contribution in [0.1, 0.15) is 25.2 Å². The fraction of sp³-hybridized carbons (Fsp3) is 0.200. The zero-order valence-corrected chi connectivity index (χ0v) is 20.1. The molecular formula is C20H16Br2ClN3O4.